The maximum absolute atomic E-state index is 12.0. The van der Waals surface area contributed by atoms with Crippen LogP contribution < -0.4 is 5.32 Å². The summed E-state index contributed by atoms with van der Waals surface area (Å²) >= 11 is 1.11. The SMILES string of the molecule is CC1CCN(C(=O)Nc2ccsc2C(=O)O)CC1. The Morgan fingerprint density at radius 3 is 2.72 bits per heavy atom. The second-order valence-corrected chi connectivity index (χ2v) is 5.48. The molecule has 0 bridgehead atoms. The number of hydrogen-bond acceptors (Lipinski definition) is 3. The number of urea groups is 1. The molecule has 0 aromatic carbocycles. The summed E-state index contributed by atoms with van der Waals surface area (Å²) in [7, 11) is 0. The second kappa shape index (κ2) is 5.39. The van der Waals surface area contributed by atoms with Crippen LogP contribution >= 0.6 is 11.3 Å². The zero-order valence-corrected chi connectivity index (χ0v) is 11.0. The maximum Gasteiger partial charge on any atom is 0.348 e. The van der Waals surface area contributed by atoms with Gasteiger partial charge in [0.25, 0.3) is 0 Å². The van der Waals surface area contributed by atoms with Crippen LogP contribution in [0.15, 0.2) is 11.4 Å². The van der Waals surface area contributed by atoms with Crippen molar-refractivity contribution in [2.45, 2.75) is 19.8 Å². The van der Waals surface area contributed by atoms with E-state index in [2.05, 4.69) is 12.2 Å². The number of likely N-dealkylation sites (tertiary alicyclic amines) is 1. The van der Waals surface area contributed by atoms with Crippen LogP contribution in [0.2, 0.25) is 0 Å². The maximum atomic E-state index is 12.0. The third-order valence-electron chi connectivity index (χ3n) is 3.17. The summed E-state index contributed by atoms with van der Waals surface area (Å²) < 4.78 is 0. The molecule has 0 aliphatic carbocycles. The normalized spacial score (nSPS) is 16.6. The average molecular weight is 268 g/mol. The van der Waals surface area contributed by atoms with Gasteiger partial charge in [0.2, 0.25) is 0 Å². The van der Waals surface area contributed by atoms with Gasteiger partial charge in [0.15, 0.2) is 0 Å². The number of carboxylic acid groups (broad SMARTS) is 1. The Hall–Kier alpha value is -1.56. The Labute approximate surface area is 109 Å². The van der Waals surface area contributed by atoms with E-state index in [0.29, 0.717) is 11.6 Å². The molecule has 1 aromatic heterocycles. The van der Waals surface area contributed by atoms with E-state index in [9.17, 15) is 9.59 Å². The van der Waals surface area contributed by atoms with Gasteiger partial charge in [0.05, 0.1) is 5.69 Å². The van der Waals surface area contributed by atoms with E-state index in [1.165, 1.54) is 0 Å². The molecule has 1 saturated heterocycles. The van der Waals surface area contributed by atoms with E-state index in [-0.39, 0.29) is 10.9 Å². The number of hydrogen-bond donors (Lipinski definition) is 2. The lowest BCUT2D eigenvalue weighted by molar-refractivity contribution is 0.0703. The first-order valence-electron chi connectivity index (χ1n) is 5.94. The summed E-state index contributed by atoms with van der Waals surface area (Å²) in [5, 5.41) is 13.3. The van der Waals surface area contributed by atoms with E-state index < -0.39 is 5.97 Å². The molecule has 0 saturated carbocycles. The highest BCUT2D eigenvalue weighted by Crippen LogP contribution is 2.23. The van der Waals surface area contributed by atoms with Gasteiger partial charge in [-0.05, 0) is 30.2 Å². The van der Waals surface area contributed by atoms with Crippen molar-refractivity contribution in [1.82, 2.24) is 4.90 Å². The Kier molecular flexibility index (Phi) is 3.86. The van der Waals surface area contributed by atoms with Crippen LogP contribution in [0, 0.1) is 5.92 Å². The molecule has 0 radical (unpaired) electrons. The van der Waals surface area contributed by atoms with E-state index >= 15 is 0 Å². The summed E-state index contributed by atoms with van der Waals surface area (Å²) in [6.45, 7) is 3.65. The summed E-state index contributed by atoms with van der Waals surface area (Å²) in [6.07, 6.45) is 2.01. The molecule has 2 rings (SSSR count). The number of carbonyl (C=O) groups excluding carboxylic acids is 1. The summed E-state index contributed by atoms with van der Waals surface area (Å²) in [6, 6.07) is 1.42. The Morgan fingerprint density at radius 1 is 1.44 bits per heavy atom. The predicted octanol–water partition coefficient (Wildman–Crippen LogP) is 2.71. The van der Waals surface area contributed by atoms with E-state index in [0.717, 1.165) is 37.3 Å². The van der Waals surface area contributed by atoms with Gasteiger partial charge in [-0.25, -0.2) is 9.59 Å². The molecule has 2 amide bonds. The number of nitrogens with zero attached hydrogens (tertiary/aromatic N) is 1. The molecule has 2 N–H and O–H groups in total. The number of thiophene rings is 1. The lowest BCUT2D eigenvalue weighted by Gasteiger charge is -2.30. The third kappa shape index (κ3) is 2.81. The number of carboxylic acids is 1. The molecule has 6 heteroatoms. The van der Waals surface area contributed by atoms with Gasteiger partial charge in [0, 0.05) is 13.1 Å². The van der Waals surface area contributed by atoms with Crippen LogP contribution in [0.3, 0.4) is 0 Å². The number of carbonyl (C=O) groups is 2. The van der Waals surface area contributed by atoms with Crippen molar-refractivity contribution in [1.29, 1.82) is 0 Å². The van der Waals surface area contributed by atoms with E-state index in [1.807, 2.05) is 0 Å². The van der Waals surface area contributed by atoms with Crippen molar-refractivity contribution in [2.24, 2.45) is 5.92 Å². The molecule has 98 valence electrons. The van der Waals surface area contributed by atoms with Crippen LogP contribution in [0.25, 0.3) is 0 Å². The summed E-state index contributed by atoms with van der Waals surface area (Å²) in [4.78, 5) is 24.8. The third-order valence-corrected chi connectivity index (χ3v) is 4.07. The minimum Gasteiger partial charge on any atom is -0.477 e. The molecule has 1 fully saturated rings. The molecule has 1 aromatic rings. The molecule has 1 aliphatic heterocycles. The number of piperidine rings is 1. The Balaban J connectivity index is 1.98. The second-order valence-electron chi connectivity index (χ2n) is 4.57. The molecule has 0 spiro atoms. The molecule has 0 atom stereocenters. The molecular weight excluding hydrogens is 252 g/mol. The molecule has 5 nitrogen and oxygen atoms in total. The Bertz CT molecular complexity index is 450. The zero-order chi connectivity index (χ0) is 13.1. The van der Waals surface area contributed by atoms with Crippen molar-refractivity contribution in [3.63, 3.8) is 0 Å². The first-order valence-corrected chi connectivity index (χ1v) is 6.82. The number of rotatable bonds is 2. The zero-order valence-electron chi connectivity index (χ0n) is 10.2. The van der Waals surface area contributed by atoms with Gasteiger partial charge in [0.1, 0.15) is 4.88 Å². The first kappa shape index (κ1) is 12.9. The van der Waals surface area contributed by atoms with Crippen LogP contribution in [0.5, 0.6) is 0 Å². The van der Waals surface area contributed by atoms with Crippen LogP contribution in [-0.2, 0) is 0 Å². The molecule has 1 aliphatic rings. The molecule has 2 heterocycles. The topological polar surface area (TPSA) is 69.6 Å². The van der Waals surface area contributed by atoms with Crippen molar-refractivity contribution < 1.29 is 14.7 Å². The minimum absolute atomic E-state index is 0.175. The standard InChI is InChI=1S/C12H16N2O3S/c1-8-2-5-14(6-3-8)12(17)13-9-4-7-18-10(9)11(15)16/h4,7-8H,2-3,5-6H2,1H3,(H,13,17)(H,15,16). The van der Waals surface area contributed by atoms with Gasteiger partial charge >= 0.3 is 12.0 Å². The highest BCUT2D eigenvalue weighted by atomic mass is 32.1. The monoisotopic (exact) mass is 268 g/mol. The van der Waals surface area contributed by atoms with E-state index in [1.54, 1.807) is 16.3 Å². The number of amides is 2. The largest absolute Gasteiger partial charge is 0.477 e. The highest BCUT2D eigenvalue weighted by Gasteiger charge is 2.22. The Morgan fingerprint density at radius 2 is 2.11 bits per heavy atom. The molecular formula is C12H16N2O3S. The van der Waals surface area contributed by atoms with Crippen molar-refractivity contribution >= 4 is 29.0 Å². The van der Waals surface area contributed by atoms with Crippen LogP contribution in [0.1, 0.15) is 29.4 Å². The fraction of sp³-hybridized carbons (Fsp3) is 0.500. The highest BCUT2D eigenvalue weighted by molar-refractivity contribution is 7.12. The van der Waals surface area contributed by atoms with Gasteiger partial charge in [-0.2, -0.15) is 0 Å². The number of anilines is 1. The first-order chi connectivity index (χ1) is 8.58. The summed E-state index contributed by atoms with van der Waals surface area (Å²) in [5.74, 6) is -0.350. The van der Waals surface area contributed by atoms with E-state index in [4.69, 9.17) is 5.11 Å². The van der Waals surface area contributed by atoms with Crippen LogP contribution in [0.4, 0.5) is 10.5 Å². The van der Waals surface area contributed by atoms with Gasteiger partial charge < -0.3 is 15.3 Å². The van der Waals surface area contributed by atoms with Crippen molar-refractivity contribution in [2.75, 3.05) is 18.4 Å². The van der Waals surface area contributed by atoms with Crippen molar-refractivity contribution in [3.8, 4) is 0 Å². The quantitative estimate of drug-likeness (QED) is 0.866. The predicted molar refractivity (Wildman–Crippen MR) is 70.3 cm³/mol. The smallest absolute Gasteiger partial charge is 0.348 e. The van der Waals surface area contributed by atoms with Gasteiger partial charge in [-0.15, -0.1) is 11.3 Å². The fourth-order valence-corrected chi connectivity index (χ4v) is 2.67. The van der Waals surface area contributed by atoms with Crippen molar-refractivity contribution in [3.05, 3.63) is 16.3 Å². The van der Waals surface area contributed by atoms with Gasteiger partial charge in [-0.3, -0.25) is 0 Å². The average Bonchev–Trinajstić information content (AvgIpc) is 2.78. The number of aromatic carboxylic acids is 1. The lowest BCUT2D eigenvalue weighted by Crippen LogP contribution is -2.40. The number of nitrogens with one attached hydrogen (secondary N) is 1. The summed E-state index contributed by atoms with van der Waals surface area (Å²) in [5.41, 5.74) is 0.385. The van der Waals surface area contributed by atoms with Crippen LogP contribution in [-0.4, -0.2) is 35.1 Å². The minimum atomic E-state index is -1.01. The van der Waals surface area contributed by atoms with Gasteiger partial charge in [-0.1, -0.05) is 6.92 Å². The fourth-order valence-electron chi connectivity index (χ4n) is 1.98. The lowest BCUT2D eigenvalue weighted by atomic mass is 10.00. The molecule has 18 heavy (non-hydrogen) atoms. The molecule has 0 unspecified atom stereocenters.